The number of halogens is 5. The van der Waals surface area contributed by atoms with Gasteiger partial charge in [0.05, 0.1) is 11.7 Å². The van der Waals surface area contributed by atoms with Crippen LogP contribution in [0.15, 0.2) is 18.2 Å². The third-order valence-electron chi connectivity index (χ3n) is 1.83. The summed E-state index contributed by atoms with van der Waals surface area (Å²) in [5.41, 5.74) is -1.48. The second-order valence-corrected chi connectivity index (χ2v) is 3.55. The van der Waals surface area contributed by atoms with Crippen molar-refractivity contribution in [3.05, 3.63) is 35.1 Å². The lowest BCUT2D eigenvalue weighted by Crippen LogP contribution is -2.13. The molecule has 0 aliphatic carbocycles. The van der Waals surface area contributed by atoms with Gasteiger partial charge in [-0.05, 0) is 17.7 Å². The van der Waals surface area contributed by atoms with E-state index in [2.05, 4.69) is 15.9 Å². The maximum atomic E-state index is 12.7. The van der Waals surface area contributed by atoms with Crippen molar-refractivity contribution in [2.24, 2.45) is 0 Å². The predicted octanol–water partition coefficient (Wildman–Crippen LogP) is 3.27. The zero-order valence-electron chi connectivity index (χ0n) is 7.35. The molecule has 0 aliphatic rings. The number of aliphatic hydroxyl groups excluding tert-OH is 1. The summed E-state index contributed by atoms with van der Waals surface area (Å²) in [5, 5.41) is 9.26. The van der Waals surface area contributed by atoms with Crippen LogP contribution in [-0.4, -0.2) is 10.4 Å². The van der Waals surface area contributed by atoms with E-state index in [0.717, 1.165) is 12.1 Å². The summed E-state index contributed by atoms with van der Waals surface area (Å²) < 4.78 is 49.9. The van der Waals surface area contributed by atoms with E-state index in [9.17, 15) is 22.7 Å². The lowest BCUT2D eigenvalue weighted by molar-refractivity contribution is -0.139. The molecule has 0 aromatic heterocycles. The SMILES string of the molecule is OC(CBr)c1ccc(F)cc1C(F)(F)F. The van der Waals surface area contributed by atoms with Gasteiger partial charge in [-0.25, -0.2) is 4.39 Å². The molecular weight excluding hydrogens is 280 g/mol. The molecule has 1 N–H and O–H groups in total. The molecule has 0 spiro atoms. The molecular formula is C9H7BrF4O. The first-order chi connectivity index (χ1) is 6.86. The second-order valence-electron chi connectivity index (χ2n) is 2.90. The largest absolute Gasteiger partial charge is 0.416 e. The van der Waals surface area contributed by atoms with E-state index in [1.165, 1.54) is 0 Å². The summed E-state index contributed by atoms with van der Waals surface area (Å²) in [6, 6.07) is 2.20. The molecule has 1 aromatic rings. The Balaban J connectivity index is 3.27. The summed E-state index contributed by atoms with van der Waals surface area (Å²) in [7, 11) is 0. The summed E-state index contributed by atoms with van der Waals surface area (Å²) in [6.45, 7) is 0. The number of rotatable bonds is 2. The summed E-state index contributed by atoms with van der Waals surface area (Å²) in [5.74, 6) is -0.979. The summed E-state index contributed by atoms with van der Waals surface area (Å²) in [4.78, 5) is 0. The lowest BCUT2D eigenvalue weighted by atomic mass is 10.0. The highest BCUT2D eigenvalue weighted by atomic mass is 79.9. The van der Waals surface area contributed by atoms with Crippen LogP contribution in [0.5, 0.6) is 0 Å². The predicted molar refractivity (Wildman–Crippen MR) is 50.2 cm³/mol. The third kappa shape index (κ3) is 2.92. The van der Waals surface area contributed by atoms with Crippen LogP contribution in [0.3, 0.4) is 0 Å². The fraction of sp³-hybridized carbons (Fsp3) is 0.333. The Labute approximate surface area is 91.9 Å². The van der Waals surface area contributed by atoms with Gasteiger partial charge in [-0.15, -0.1) is 0 Å². The first-order valence-corrected chi connectivity index (χ1v) is 5.09. The van der Waals surface area contributed by atoms with Gasteiger partial charge in [-0.1, -0.05) is 22.0 Å². The van der Waals surface area contributed by atoms with E-state index >= 15 is 0 Å². The topological polar surface area (TPSA) is 20.2 Å². The molecule has 0 heterocycles. The van der Waals surface area contributed by atoms with Crippen molar-refractivity contribution in [2.45, 2.75) is 12.3 Å². The fourth-order valence-corrected chi connectivity index (χ4v) is 1.50. The molecule has 0 bridgehead atoms. The van der Waals surface area contributed by atoms with E-state index in [1.807, 2.05) is 0 Å². The van der Waals surface area contributed by atoms with Crippen LogP contribution in [0.1, 0.15) is 17.2 Å². The van der Waals surface area contributed by atoms with Crippen molar-refractivity contribution in [3.63, 3.8) is 0 Å². The molecule has 0 fully saturated rings. The molecule has 0 radical (unpaired) electrons. The van der Waals surface area contributed by atoms with Gasteiger partial charge in [-0.3, -0.25) is 0 Å². The van der Waals surface area contributed by atoms with Gasteiger partial charge < -0.3 is 5.11 Å². The first kappa shape index (κ1) is 12.4. The Hall–Kier alpha value is -0.620. The standard InChI is InChI=1S/C9H7BrF4O/c10-4-8(15)6-2-1-5(11)3-7(6)9(12,13)14/h1-3,8,15H,4H2. The van der Waals surface area contributed by atoms with Gasteiger partial charge in [-0.2, -0.15) is 13.2 Å². The Kier molecular flexibility index (Phi) is 3.72. The molecule has 1 nitrogen and oxygen atoms in total. The highest BCUT2D eigenvalue weighted by molar-refractivity contribution is 9.09. The van der Waals surface area contributed by atoms with Gasteiger partial charge in [0.2, 0.25) is 0 Å². The van der Waals surface area contributed by atoms with Crippen molar-refractivity contribution in [2.75, 3.05) is 5.33 Å². The average Bonchev–Trinajstić information content (AvgIpc) is 2.15. The van der Waals surface area contributed by atoms with Crippen LogP contribution >= 0.6 is 15.9 Å². The normalized spacial score (nSPS) is 14.0. The molecule has 1 aromatic carbocycles. The maximum absolute atomic E-state index is 12.7. The van der Waals surface area contributed by atoms with Gasteiger partial charge in [0.15, 0.2) is 0 Å². The molecule has 0 saturated carbocycles. The van der Waals surface area contributed by atoms with Crippen molar-refractivity contribution in [1.82, 2.24) is 0 Å². The second kappa shape index (κ2) is 4.49. The minimum Gasteiger partial charge on any atom is -0.388 e. The number of hydrogen-bond acceptors (Lipinski definition) is 1. The van der Waals surface area contributed by atoms with E-state index in [4.69, 9.17) is 0 Å². The number of benzene rings is 1. The molecule has 84 valence electrons. The van der Waals surface area contributed by atoms with Crippen molar-refractivity contribution in [1.29, 1.82) is 0 Å². The zero-order chi connectivity index (χ0) is 11.6. The van der Waals surface area contributed by atoms with Gasteiger partial charge in [0.25, 0.3) is 0 Å². The molecule has 1 unspecified atom stereocenters. The first-order valence-electron chi connectivity index (χ1n) is 3.97. The minimum atomic E-state index is -4.67. The van der Waals surface area contributed by atoms with Gasteiger partial charge in [0, 0.05) is 5.33 Å². The Morgan fingerprint density at radius 1 is 1.33 bits per heavy atom. The molecule has 0 saturated heterocycles. The Morgan fingerprint density at radius 2 is 1.93 bits per heavy atom. The van der Waals surface area contributed by atoms with Gasteiger partial charge >= 0.3 is 6.18 Å². The van der Waals surface area contributed by atoms with Crippen molar-refractivity contribution >= 4 is 15.9 Å². The molecule has 15 heavy (non-hydrogen) atoms. The summed E-state index contributed by atoms with van der Waals surface area (Å²) >= 11 is 2.86. The average molecular weight is 287 g/mol. The molecule has 0 aliphatic heterocycles. The van der Waals surface area contributed by atoms with E-state index in [0.29, 0.717) is 6.07 Å². The monoisotopic (exact) mass is 286 g/mol. The van der Waals surface area contributed by atoms with Crippen LogP contribution < -0.4 is 0 Å². The third-order valence-corrected chi connectivity index (χ3v) is 2.44. The summed E-state index contributed by atoms with van der Waals surface area (Å²) in [6.07, 6.45) is -5.97. The number of alkyl halides is 4. The molecule has 1 rings (SSSR count). The van der Waals surface area contributed by atoms with E-state index < -0.39 is 23.7 Å². The number of hydrogen-bond donors (Lipinski definition) is 1. The van der Waals surface area contributed by atoms with Gasteiger partial charge in [0.1, 0.15) is 5.82 Å². The molecule has 6 heteroatoms. The van der Waals surface area contributed by atoms with Crippen LogP contribution in [0.4, 0.5) is 17.6 Å². The van der Waals surface area contributed by atoms with Crippen molar-refractivity contribution in [3.8, 4) is 0 Å². The highest BCUT2D eigenvalue weighted by Gasteiger charge is 2.35. The molecule has 1 atom stereocenters. The van der Waals surface area contributed by atoms with E-state index in [1.54, 1.807) is 0 Å². The van der Waals surface area contributed by atoms with Crippen LogP contribution in [0.25, 0.3) is 0 Å². The smallest absolute Gasteiger partial charge is 0.388 e. The Morgan fingerprint density at radius 3 is 2.40 bits per heavy atom. The quantitative estimate of drug-likeness (QED) is 0.654. The fourth-order valence-electron chi connectivity index (χ4n) is 1.15. The molecule has 0 amide bonds. The van der Waals surface area contributed by atoms with Crippen molar-refractivity contribution < 1.29 is 22.7 Å². The maximum Gasteiger partial charge on any atom is 0.416 e. The van der Waals surface area contributed by atoms with Crippen LogP contribution in [0.2, 0.25) is 0 Å². The zero-order valence-corrected chi connectivity index (χ0v) is 8.94. The minimum absolute atomic E-state index is 0.0400. The highest BCUT2D eigenvalue weighted by Crippen LogP contribution is 2.35. The van der Waals surface area contributed by atoms with E-state index in [-0.39, 0.29) is 10.9 Å². The lowest BCUT2D eigenvalue weighted by Gasteiger charge is -2.15. The Bertz CT molecular complexity index is 350. The van der Waals surface area contributed by atoms with Crippen LogP contribution in [-0.2, 0) is 6.18 Å². The van der Waals surface area contributed by atoms with Crippen LogP contribution in [0, 0.1) is 5.82 Å². The number of aliphatic hydroxyl groups is 1.